The van der Waals surface area contributed by atoms with Crippen molar-refractivity contribution < 1.29 is 8.78 Å². The van der Waals surface area contributed by atoms with E-state index in [1.807, 2.05) is 0 Å². The van der Waals surface area contributed by atoms with Crippen LogP contribution in [-0.2, 0) is 0 Å². The number of aromatic amines is 1. The van der Waals surface area contributed by atoms with Crippen molar-refractivity contribution in [1.82, 2.24) is 9.55 Å². The van der Waals surface area contributed by atoms with Crippen LogP contribution < -0.4 is 17.0 Å². The summed E-state index contributed by atoms with van der Waals surface area (Å²) in [6, 6.07) is 7.56. The second-order valence-corrected chi connectivity index (χ2v) is 4.47. The third kappa shape index (κ3) is 2.46. The lowest BCUT2D eigenvalue weighted by atomic mass is 10.2. The molecule has 0 amide bonds. The number of aromatic nitrogens is 2. The molecule has 5 nitrogen and oxygen atoms in total. The van der Waals surface area contributed by atoms with E-state index in [-0.39, 0.29) is 29.0 Å². The number of hydrogen-bond acceptors (Lipinski definition) is 3. The van der Waals surface area contributed by atoms with E-state index in [0.29, 0.717) is 5.69 Å². The lowest BCUT2D eigenvalue weighted by Crippen LogP contribution is -2.33. The van der Waals surface area contributed by atoms with Gasteiger partial charge in [0.1, 0.15) is 0 Å². The zero-order valence-electron chi connectivity index (χ0n) is 11.0. The van der Waals surface area contributed by atoms with E-state index in [1.54, 1.807) is 0 Å². The van der Waals surface area contributed by atoms with Crippen LogP contribution in [0.1, 0.15) is 0 Å². The highest BCUT2D eigenvalue weighted by Crippen LogP contribution is 2.13. The van der Waals surface area contributed by atoms with Crippen LogP contribution in [-0.4, -0.2) is 9.55 Å². The summed E-state index contributed by atoms with van der Waals surface area (Å²) >= 11 is 0. The van der Waals surface area contributed by atoms with Gasteiger partial charge in [0.2, 0.25) is 0 Å². The lowest BCUT2D eigenvalue weighted by Gasteiger charge is -2.07. The van der Waals surface area contributed by atoms with Crippen molar-refractivity contribution in [1.29, 1.82) is 0 Å². The van der Waals surface area contributed by atoms with Crippen molar-refractivity contribution in [2.24, 2.45) is 0 Å². The first kappa shape index (κ1) is 15.7. The van der Waals surface area contributed by atoms with Crippen LogP contribution in [0, 0.1) is 11.6 Å². The summed E-state index contributed by atoms with van der Waals surface area (Å²) < 4.78 is 27.3. The van der Waals surface area contributed by atoms with Crippen molar-refractivity contribution in [2.45, 2.75) is 0 Å². The second kappa shape index (κ2) is 5.61. The van der Waals surface area contributed by atoms with Gasteiger partial charge in [0.15, 0.2) is 11.6 Å². The summed E-state index contributed by atoms with van der Waals surface area (Å²) in [6.07, 6.45) is 0. The van der Waals surface area contributed by atoms with E-state index >= 15 is 0 Å². The molecule has 22 heavy (non-hydrogen) atoms. The van der Waals surface area contributed by atoms with E-state index < -0.39 is 22.9 Å². The molecule has 0 atom stereocenters. The number of fused-ring (bicyclic) bond motifs is 1. The molecule has 1 heterocycles. The van der Waals surface area contributed by atoms with Gasteiger partial charge < -0.3 is 10.7 Å². The number of H-pyrrole nitrogens is 1. The highest BCUT2D eigenvalue weighted by Gasteiger charge is 2.12. The van der Waals surface area contributed by atoms with Crippen LogP contribution >= 0.6 is 12.4 Å². The van der Waals surface area contributed by atoms with Crippen LogP contribution in [0.2, 0.25) is 0 Å². The lowest BCUT2D eigenvalue weighted by molar-refractivity contribution is 0.510. The van der Waals surface area contributed by atoms with E-state index in [4.69, 9.17) is 5.73 Å². The maximum Gasteiger partial charge on any atom is 0.333 e. The van der Waals surface area contributed by atoms with Gasteiger partial charge in [0.05, 0.1) is 16.6 Å². The Labute approximate surface area is 128 Å². The standard InChI is InChI=1S/C14H9F2N3O2.ClH/c15-10-5-9-12(6-11(10)16)18-14(21)19(13(9)20)8-3-1-7(17)2-4-8;/h1-6H,17H2,(H,18,21);1H. The molecular formula is C14H10ClF2N3O2. The molecule has 0 aliphatic carbocycles. The fraction of sp³-hybridized carbons (Fsp3) is 0. The number of halogens is 3. The number of rotatable bonds is 1. The number of hydrogen-bond donors (Lipinski definition) is 2. The van der Waals surface area contributed by atoms with Crippen molar-refractivity contribution >= 4 is 29.0 Å². The van der Waals surface area contributed by atoms with Gasteiger partial charge in [-0.05, 0) is 30.3 Å². The molecule has 0 saturated heterocycles. The highest BCUT2D eigenvalue weighted by atomic mass is 35.5. The largest absolute Gasteiger partial charge is 0.399 e. The SMILES string of the molecule is Cl.Nc1ccc(-n2c(=O)[nH]c3cc(F)c(F)cc3c2=O)cc1. The Morgan fingerprint density at radius 3 is 2.23 bits per heavy atom. The van der Waals surface area contributed by atoms with Gasteiger partial charge in [-0.15, -0.1) is 12.4 Å². The second-order valence-electron chi connectivity index (χ2n) is 4.47. The summed E-state index contributed by atoms with van der Waals surface area (Å²) in [5, 5.41) is -0.120. The van der Waals surface area contributed by atoms with Gasteiger partial charge in [-0.1, -0.05) is 0 Å². The molecule has 0 fully saturated rings. The Kier molecular flexibility index (Phi) is 4.01. The van der Waals surface area contributed by atoms with Gasteiger partial charge >= 0.3 is 5.69 Å². The van der Waals surface area contributed by atoms with E-state index in [9.17, 15) is 18.4 Å². The molecule has 0 unspecified atom stereocenters. The molecule has 1 aromatic heterocycles. The van der Waals surface area contributed by atoms with Crippen molar-refractivity contribution in [3.05, 3.63) is 68.9 Å². The van der Waals surface area contributed by atoms with Gasteiger partial charge in [-0.3, -0.25) is 4.79 Å². The monoisotopic (exact) mass is 325 g/mol. The predicted octanol–water partition coefficient (Wildman–Crippen LogP) is 1.96. The zero-order valence-corrected chi connectivity index (χ0v) is 11.8. The average Bonchev–Trinajstić information content (AvgIpc) is 2.43. The van der Waals surface area contributed by atoms with E-state index in [2.05, 4.69) is 4.98 Å². The molecule has 3 rings (SSSR count). The summed E-state index contributed by atoms with van der Waals surface area (Å²) in [4.78, 5) is 26.7. The highest BCUT2D eigenvalue weighted by molar-refractivity contribution is 5.85. The third-order valence-corrected chi connectivity index (χ3v) is 3.09. The maximum atomic E-state index is 13.3. The first-order valence-corrected chi connectivity index (χ1v) is 5.97. The molecule has 0 bridgehead atoms. The van der Waals surface area contributed by atoms with Gasteiger partial charge in [-0.25, -0.2) is 18.1 Å². The minimum Gasteiger partial charge on any atom is -0.399 e. The smallest absolute Gasteiger partial charge is 0.333 e. The zero-order chi connectivity index (χ0) is 15.1. The normalized spacial score (nSPS) is 10.5. The molecule has 0 saturated carbocycles. The van der Waals surface area contributed by atoms with Crippen LogP contribution in [0.25, 0.3) is 16.6 Å². The van der Waals surface area contributed by atoms with Gasteiger partial charge in [-0.2, -0.15) is 0 Å². The number of nitrogens with two attached hydrogens (primary N) is 1. The molecular weight excluding hydrogens is 316 g/mol. The van der Waals surface area contributed by atoms with Gasteiger partial charge in [0, 0.05) is 11.8 Å². The molecule has 2 aromatic carbocycles. The topological polar surface area (TPSA) is 80.9 Å². The van der Waals surface area contributed by atoms with Crippen LogP contribution in [0.4, 0.5) is 14.5 Å². The summed E-state index contributed by atoms with van der Waals surface area (Å²) in [5.41, 5.74) is 4.75. The predicted molar refractivity (Wildman–Crippen MR) is 81.7 cm³/mol. The molecule has 3 aromatic rings. The fourth-order valence-electron chi connectivity index (χ4n) is 2.07. The number of nitrogen functional groups attached to an aromatic ring is 1. The molecule has 0 aliphatic heterocycles. The minimum atomic E-state index is -1.16. The van der Waals surface area contributed by atoms with Gasteiger partial charge in [0.25, 0.3) is 5.56 Å². The maximum absolute atomic E-state index is 13.3. The summed E-state index contributed by atoms with van der Waals surface area (Å²) in [5.74, 6) is -2.29. The number of nitrogens with zero attached hydrogens (tertiary/aromatic N) is 1. The molecule has 3 N–H and O–H groups in total. The molecule has 8 heteroatoms. The van der Waals surface area contributed by atoms with E-state index in [1.165, 1.54) is 24.3 Å². The van der Waals surface area contributed by atoms with Crippen LogP contribution in [0.3, 0.4) is 0 Å². The Morgan fingerprint density at radius 1 is 1.00 bits per heavy atom. The molecule has 0 aliphatic rings. The Morgan fingerprint density at radius 2 is 1.59 bits per heavy atom. The first-order chi connectivity index (χ1) is 9.97. The first-order valence-electron chi connectivity index (χ1n) is 5.97. The van der Waals surface area contributed by atoms with Crippen molar-refractivity contribution in [3.8, 4) is 5.69 Å². The van der Waals surface area contributed by atoms with Crippen molar-refractivity contribution in [2.75, 3.05) is 5.73 Å². The quantitative estimate of drug-likeness (QED) is 0.671. The number of benzene rings is 2. The minimum absolute atomic E-state index is 0. The molecule has 0 spiro atoms. The Balaban J connectivity index is 0.00000176. The average molecular weight is 326 g/mol. The summed E-state index contributed by atoms with van der Waals surface area (Å²) in [7, 11) is 0. The van der Waals surface area contributed by atoms with E-state index in [0.717, 1.165) is 16.7 Å². The van der Waals surface area contributed by atoms with Crippen LogP contribution in [0.15, 0.2) is 46.0 Å². The number of nitrogens with one attached hydrogen (secondary N) is 1. The Hall–Kier alpha value is -2.67. The van der Waals surface area contributed by atoms with Crippen molar-refractivity contribution in [3.63, 3.8) is 0 Å². The third-order valence-electron chi connectivity index (χ3n) is 3.09. The van der Waals surface area contributed by atoms with Crippen LogP contribution in [0.5, 0.6) is 0 Å². The Bertz CT molecular complexity index is 965. The number of anilines is 1. The summed E-state index contributed by atoms with van der Waals surface area (Å²) in [6.45, 7) is 0. The molecule has 0 radical (unpaired) electrons. The fourth-order valence-corrected chi connectivity index (χ4v) is 2.07. The molecule has 114 valence electrons.